The van der Waals surface area contributed by atoms with Gasteiger partial charge in [0, 0.05) is 18.8 Å². The van der Waals surface area contributed by atoms with Crippen molar-refractivity contribution in [1.29, 1.82) is 0 Å². The molecule has 0 fully saturated rings. The predicted molar refractivity (Wildman–Crippen MR) is 101 cm³/mol. The predicted octanol–water partition coefficient (Wildman–Crippen LogP) is 4.26. The Kier molecular flexibility index (Phi) is 7.15. The Balaban J connectivity index is 2.46. The molecule has 0 radical (unpaired) electrons. The summed E-state index contributed by atoms with van der Waals surface area (Å²) in [6.45, 7) is 1.12. The van der Waals surface area contributed by atoms with Gasteiger partial charge in [-0.1, -0.05) is 29.3 Å². The van der Waals surface area contributed by atoms with E-state index in [-0.39, 0.29) is 32.8 Å². The van der Waals surface area contributed by atoms with Gasteiger partial charge in [-0.3, -0.25) is 9.78 Å². The minimum atomic E-state index is -4.63. The van der Waals surface area contributed by atoms with E-state index in [1.165, 1.54) is 19.2 Å². The summed E-state index contributed by atoms with van der Waals surface area (Å²) in [6.07, 6.45) is -4.03. The third-order valence-corrected chi connectivity index (χ3v) is 6.29. The fourth-order valence-electron chi connectivity index (χ4n) is 2.30. The highest BCUT2D eigenvalue weighted by Crippen LogP contribution is 2.36. The molecule has 2 aromatic rings. The zero-order valence-corrected chi connectivity index (χ0v) is 17.5. The number of esters is 1. The van der Waals surface area contributed by atoms with Gasteiger partial charge in [-0.25, -0.2) is 8.42 Å². The van der Waals surface area contributed by atoms with Gasteiger partial charge in [0.15, 0.2) is 0 Å². The second-order valence-corrected chi connectivity index (χ2v) is 8.59. The lowest BCUT2D eigenvalue weighted by molar-refractivity contribution is -0.143. The molecule has 0 unspecified atom stereocenters. The van der Waals surface area contributed by atoms with Crippen molar-refractivity contribution in [3.8, 4) is 11.3 Å². The lowest BCUT2D eigenvalue weighted by Crippen LogP contribution is -2.33. The summed E-state index contributed by atoms with van der Waals surface area (Å²) in [4.78, 5) is 14.9. The summed E-state index contributed by atoms with van der Waals surface area (Å²) in [5.74, 6) is -0.752. The molecule has 158 valence electrons. The van der Waals surface area contributed by atoms with Crippen molar-refractivity contribution in [2.24, 2.45) is 0 Å². The van der Waals surface area contributed by atoms with E-state index in [0.29, 0.717) is 12.3 Å². The molecule has 0 aliphatic rings. The average Bonchev–Trinajstić information content (AvgIpc) is 2.61. The van der Waals surface area contributed by atoms with Crippen LogP contribution < -0.4 is 0 Å². The lowest BCUT2D eigenvalue weighted by atomic mass is 10.1. The first-order chi connectivity index (χ1) is 13.4. The summed E-state index contributed by atoms with van der Waals surface area (Å²) in [6, 6.07) is 4.44. The van der Waals surface area contributed by atoms with E-state index in [9.17, 15) is 26.4 Å². The van der Waals surface area contributed by atoms with E-state index in [1.807, 2.05) is 0 Å². The molecule has 0 spiro atoms. The molecule has 0 aliphatic heterocycles. The number of halogens is 5. The zero-order chi connectivity index (χ0) is 22.0. The monoisotopic (exact) mass is 470 g/mol. The largest absolute Gasteiger partial charge is 0.465 e. The van der Waals surface area contributed by atoms with Crippen LogP contribution in [0, 0.1) is 0 Å². The van der Waals surface area contributed by atoms with Crippen LogP contribution in [0.25, 0.3) is 11.3 Å². The van der Waals surface area contributed by atoms with Gasteiger partial charge in [0.2, 0.25) is 10.0 Å². The number of hydrogen-bond donors (Lipinski definition) is 0. The molecule has 1 aromatic heterocycles. The Bertz CT molecular complexity index is 1030. The standard InChI is InChI=1S/C17H15Cl2F3N2O4S/c1-3-28-15(25)9-24(2)29(26,27)14-6-10(4-5-12(14)18)16-13(19)7-11(8-23-16)17(20,21)22/h4-8H,3,9H2,1-2H3. The molecule has 1 heterocycles. The number of hydrogen-bond acceptors (Lipinski definition) is 5. The smallest absolute Gasteiger partial charge is 0.417 e. The number of aromatic nitrogens is 1. The maximum atomic E-state index is 12.8. The van der Waals surface area contributed by atoms with Crippen LogP contribution in [0.4, 0.5) is 13.2 Å². The van der Waals surface area contributed by atoms with Crippen molar-refractivity contribution in [2.45, 2.75) is 18.0 Å². The SMILES string of the molecule is CCOC(=O)CN(C)S(=O)(=O)c1cc(-c2ncc(C(F)(F)F)cc2Cl)ccc1Cl. The molecule has 0 N–H and O–H groups in total. The van der Waals surface area contributed by atoms with E-state index in [2.05, 4.69) is 4.98 Å². The molecule has 0 amide bonds. The third kappa shape index (κ3) is 5.39. The second-order valence-electron chi connectivity index (χ2n) is 5.76. The van der Waals surface area contributed by atoms with E-state index < -0.39 is 34.3 Å². The molecule has 0 saturated heterocycles. The Morgan fingerprint density at radius 2 is 1.86 bits per heavy atom. The van der Waals surface area contributed by atoms with Crippen molar-refractivity contribution in [3.63, 3.8) is 0 Å². The molecule has 6 nitrogen and oxygen atoms in total. The molecule has 0 bridgehead atoms. The lowest BCUT2D eigenvalue weighted by Gasteiger charge is -2.18. The van der Waals surface area contributed by atoms with Crippen LogP contribution in [0.1, 0.15) is 12.5 Å². The molecule has 0 saturated carbocycles. The molecular weight excluding hydrogens is 456 g/mol. The summed E-state index contributed by atoms with van der Waals surface area (Å²) in [5.41, 5.74) is -0.959. The molecule has 1 aromatic carbocycles. The van der Waals surface area contributed by atoms with Crippen LogP contribution in [0.15, 0.2) is 35.4 Å². The van der Waals surface area contributed by atoms with E-state index >= 15 is 0 Å². The fourth-order valence-corrected chi connectivity index (χ4v) is 4.18. The molecular formula is C17H15Cl2F3N2O4S. The number of carbonyl (C=O) groups excluding carboxylic acids is 1. The zero-order valence-electron chi connectivity index (χ0n) is 15.1. The van der Waals surface area contributed by atoms with Crippen LogP contribution in [0.2, 0.25) is 10.0 Å². The first kappa shape index (κ1) is 23.4. The number of alkyl halides is 3. The highest BCUT2D eigenvalue weighted by molar-refractivity contribution is 7.89. The molecule has 29 heavy (non-hydrogen) atoms. The number of benzene rings is 1. The highest BCUT2D eigenvalue weighted by Gasteiger charge is 2.32. The van der Waals surface area contributed by atoms with Crippen LogP contribution in [0.3, 0.4) is 0 Å². The van der Waals surface area contributed by atoms with E-state index in [0.717, 1.165) is 10.4 Å². The van der Waals surface area contributed by atoms with Crippen LogP contribution in [-0.4, -0.2) is 43.9 Å². The van der Waals surface area contributed by atoms with Crippen molar-refractivity contribution in [3.05, 3.63) is 46.1 Å². The number of carbonyl (C=O) groups is 1. The normalized spacial score (nSPS) is 12.3. The van der Waals surface area contributed by atoms with Crippen molar-refractivity contribution >= 4 is 39.2 Å². The Hall–Kier alpha value is -1.88. The fraction of sp³-hybridized carbons (Fsp3) is 0.294. The van der Waals surface area contributed by atoms with Gasteiger partial charge in [0.05, 0.1) is 27.9 Å². The minimum absolute atomic E-state index is 0.0548. The van der Waals surface area contributed by atoms with Crippen molar-refractivity contribution in [2.75, 3.05) is 20.2 Å². The molecule has 0 atom stereocenters. The van der Waals surface area contributed by atoms with Crippen LogP contribution in [0.5, 0.6) is 0 Å². The van der Waals surface area contributed by atoms with Gasteiger partial charge in [0.25, 0.3) is 0 Å². The minimum Gasteiger partial charge on any atom is -0.465 e. The molecule has 12 heteroatoms. The maximum Gasteiger partial charge on any atom is 0.417 e. The topological polar surface area (TPSA) is 76.6 Å². The molecule has 2 rings (SSSR count). The van der Waals surface area contributed by atoms with Crippen LogP contribution >= 0.6 is 23.2 Å². The Morgan fingerprint density at radius 1 is 1.21 bits per heavy atom. The van der Waals surface area contributed by atoms with Gasteiger partial charge in [0.1, 0.15) is 11.4 Å². The van der Waals surface area contributed by atoms with Gasteiger partial charge in [-0.2, -0.15) is 17.5 Å². The van der Waals surface area contributed by atoms with Crippen molar-refractivity contribution in [1.82, 2.24) is 9.29 Å². The first-order valence-corrected chi connectivity index (χ1v) is 10.2. The quantitative estimate of drug-likeness (QED) is 0.589. The number of likely N-dealkylation sites (N-methyl/N-ethyl adjacent to an activating group) is 1. The van der Waals surface area contributed by atoms with Gasteiger partial charge in [-0.15, -0.1) is 0 Å². The maximum absolute atomic E-state index is 12.8. The van der Waals surface area contributed by atoms with Gasteiger partial charge in [-0.05, 0) is 25.1 Å². The number of sulfonamides is 1. The Morgan fingerprint density at radius 3 is 2.41 bits per heavy atom. The van der Waals surface area contributed by atoms with E-state index in [1.54, 1.807) is 6.92 Å². The summed E-state index contributed by atoms with van der Waals surface area (Å²) >= 11 is 11.9. The van der Waals surface area contributed by atoms with Crippen molar-refractivity contribution < 1.29 is 31.1 Å². The number of ether oxygens (including phenoxy) is 1. The van der Waals surface area contributed by atoms with E-state index in [4.69, 9.17) is 27.9 Å². The molecule has 0 aliphatic carbocycles. The second kappa shape index (κ2) is 8.86. The average molecular weight is 471 g/mol. The number of nitrogens with zero attached hydrogens (tertiary/aromatic N) is 2. The summed E-state index contributed by atoms with van der Waals surface area (Å²) < 4.78 is 69.4. The number of pyridine rings is 1. The first-order valence-electron chi connectivity index (χ1n) is 8.02. The number of rotatable bonds is 6. The highest BCUT2D eigenvalue weighted by atomic mass is 35.5. The van der Waals surface area contributed by atoms with Gasteiger partial charge >= 0.3 is 12.1 Å². The van der Waals surface area contributed by atoms with Gasteiger partial charge < -0.3 is 4.74 Å². The third-order valence-electron chi connectivity index (χ3n) is 3.72. The summed E-state index contributed by atoms with van der Waals surface area (Å²) in [5, 5.41) is -0.460. The van der Waals surface area contributed by atoms with Crippen LogP contribution in [-0.2, 0) is 25.7 Å². The Labute approximate surface area is 175 Å². The summed E-state index contributed by atoms with van der Waals surface area (Å²) in [7, 11) is -3.04.